The third kappa shape index (κ3) is 3.46. The normalized spacial score (nSPS) is 11.9. The average Bonchev–Trinajstić information content (AvgIpc) is 2.29. The molecule has 0 bridgehead atoms. The van der Waals surface area contributed by atoms with E-state index < -0.39 is 17.9 Å². The van der Waals surface area contributed by atoms with Crippen molar-refractivity contribution in [3.63, 3.8) is 0 Å². The van der Waals surface area contributed by atoms with E-state index in [0.717, 1.165) is 0 Å². The van der Waals surface area contributed by atoms with Crippen LogP contribution in [-0.4, -0.2) is 24.5 Å². The highest BCUT2D eigenvalue weighted by Crippen LogP contribution is 2.07. The highest BCUT2D eigenvalue weighted by atomic mass is 19.1. The number of ketones is 1. The number of Topliss-reactive ketones (excluding diaryl/α,β-unsaturated/α-hetero) is 1. The summed E-state index contributed by atoms with van der Waals surface area (Å²) in [6.45, 7) is 1.64. The SMILES string of the molecule is CCOC(=O)C(=O)C(F)Cc1ccccc1. The molecule has 0 spiro atoms. The lowest BCUT2D eigenvalue weighted by atomic mass is 10.1. The van der Waals surface area contributed by atoms with Crippen LogP contribution in [0.2, 0.25) is 0 Å². The van der Waals surface area contributed by atoms with Gasteiger partial charge in [0.1, 0.15) is 0 Å². The van der Waals surface area contributed by atoms with E-state index in [9.17, 15) is 14.0 Å². The van der Waals surface area contributed by atoms with E-state index in [-0.39, 0.29) is 13.0 Å². The fraction of sp³-hybridized carbons (Fsp3) is 0.333. The second-order valence-electron chi connectivity index (χ2n) is 3.24. The third-order valence-corrected chi connectivity index (χ3v) is 2.02. The minimum Gasteiger partial charge on any atom is -0.460 e. The highest BCUT2D eigenvalue weighted by Gasteiger charge is 2.26. The van der Waals surface area contributed by atoms with Gasteiger partial charge in [0, 0.05) is 6.42 Å². The average molecular weight is 224 g/mol. The van der Waals surface area contributed by atoms with Gasteiger partial charge in [-0.25, -0.2) is 9.18 Å². The summed E-state index contributed by atoms with van der Waals surface area (Å²) in [5.41, 5.74) is 0.674. The van der Waals surface area contributed by atoms with Crippen LogP contribution in [0.3, 0.4) is 0 Å². The Morgan fingerprint density at radius 1 is 1.31 bits per heavy atom. The summed E-state index contributed by atoms with van der Waals surface area (Å²) in [5, 5.41) is 0. The number of alkyl halides is 1. The van der Waals surface area contributed by atoms with Crippen molar-refractivity contribution in [2.75, 3.05) is 6.61 Å². The zero-order valence-corrected chi connectivity index (χ0v) is 8.98. The molecule has 0 N–H and O–H groups in total. The summed E-state index contributed by atoms with van der Waals surface area (Å²) < 4.78 is 17.8. The Bertz CT molecular complexity index is 362. The Balaban J connectivity index is 2.55. The lowest BCUT2D eigenvalue weighted by Crippen LogP contribution is -2.28. The smallest absolute Gasteiger partial charge is 0.377 e. The van der Waals surface area contributed by atoms with E-state index >= 15 is 0 Å². The van der Waals surface area contributed by atoms with Crippen LogP contribution in [0.15, 0.2) is 30.3 Å². The van der Waals surface area contributed by atoms with Crippen LogP contribution >= 0.6 is 0 Å². The molecule has 0 aliphatic heterocycles. The topological polar surface area (TPSA) is 43.4 Å². The molecule has 1 atom stereocenters. The van der Waals surface area contributed by atoms with Gasteiger partial charge in [0.25, 0.3) is 5.78 Å². The van der Waals surface area contributed by atoms with Gasteiger partial charge in [-0.15, -0.1) is 0 Å². The molecule has 0 aliphatic carbocycles. The molecule has 0 aliphatic rings. The zero-order valence-electron chi connectivity index (χ0n) is 8.98. The van der Waals surface area contributed by atoms with Crippen molar-refractivity contribution in [3.05, 3.63) is 35.9 Å². The predicted octanol–water partition coefficient (Wildman–Crippen LogP) is 1.70. The molecule has 0 aromatic heterocycles. The molecular weight excluding hydrogens is 211 g/mol. The van der Waals surface area contributed by atoms with Crippen molar-refractivity contribution in [3.8, 4) is 0 Å². The first-order valence-corrected chi connectivity index (χ1v) is 5.04. The number of carbonyl (C=O) groups is 2. The molecule has 0 saturated heterocycles. The van der Waals surface area contributed by atoms with E-state index in [4.69, 9.17) is 0 Å². The molecule has 0 heterocycles. The summed E-state index contributed by atoms with van der Waals surface area (Å²) in [6, 6.07) is 8.69. The first-order valence-electron chi connectivity index (χ1n) is 5.04. The summed E-state index contributed by atoms with van der Waals surface area (Å²) in [4.78, 5) is 22.2. The number of halogens is 1. The first-order chi connectivity index (χ1) is 7.65. The molecule has 0 fully saturated rings. The highest BCUT2D eigenvalue weighted by molar-refractivity contribution is 6.35. The van der Waals surface area contributed by atoms with Crippen LogP contribution in [0.5, 0.6) is 0 Å². The van der Waals surface area contributed by atoms with Gasteiger partial charge in [0.15, 0.2) is 6.17 Å². The molecule has 1 aromatic carbocycles. The Kier molecular flexibility index (Phi) is 4.64. The third-order valence-electron chi connectivity index (χ3n) is 2.02. The van der Waals surface area contributed by atoms with Crippen molar-refractivity contribution >= 4 is 11.8 Å². The molecule has 0 saturated carbocycles. The number of hydrogen-bond acceptors (Lipinski definition) is 3. The molecule has 86 valence electrons. The second kappa shape index (κ2) is 6.00. The fourth-order valence-electron chi connectivity index (χ4n) is 1.24. The Morgan fingerprint density at radius 2 is 1.94 bits per heavy atom. The Hall–Kier alpha value is -1.71. The van der Waals surface area contributed by atoms with Crippen molar-refractivity contribution in [1.29, 1.82) is 0 Å². The van der Waals surface area contributed by atoms with Gasteiger partial charge in [0.05, 0.1) is 6.61 Å². The lowest BCUT2D eigenvalue weighted by molar-refractivity contribution is -0.155. The van der Waals surface area contributed by atoms with Crippen molar-refractivity contribution in [2.24, 2.45) is 0 Å². The largest absolute Gasteiger partial charge is 0.460 e. The van der Waals surface area contributed by atoms with Gasteiger partial charge in [0.2, 0.25) is 0 Å². The van der Waals surface area contributed by atoms with E-state index in [1.807, 2.05) is 0 Å². The van der Waals surface area contributed by atoms with Crippen LogP contribution in [0.1, 0.15) is 12.5 Å². The van der Waals surface area contributed by atoms with Crippen LogP contribution in [0.4, 0.5) is 4.39 Å². The Morgan fingerprint density at radius 3 is 2.50 bits per heavy atom. The van der Waals surface area contributed by atoms with Gasteiger partial charge in [-0.05, 0) is 12.5 Å². The molecule has 0 radical (unpaired) electrons. The number of benzene rings is 1. The first kappa shape index (κ1) is 12.4. The van der Waals surface area contributed by atoms with Crippen molar-refractivity contribution in [1.82, 2.24) is 0 Å². The molecular formula is C12H13FO3. The molecule has 1 rings (SSSR count). The number of esters is 1. The van der Waals surface area contributed by atoms with Gasteiger partial charge >= 0.3 is 5.97 Å². The number of rotatable bonds is 5. The van der Waals surface area contributed by atoms with Gasteiger partial charge in [-0.2, -0.15) is 0 Å². The quantitative estimate of drug-likeness (QED) is 0.564. The maximum absolute atomic E-state index is 13.4. The maximum Gasteiger partial charge on any atom is 0.377 e. The number of carbonyl (C=O) groups excluding carboxylic acids is 2. The van der Waals surface area contributed by atoms with E-state index in [0.29, 0.717) is 5.56 Å². The van der Waals surface area contributed by atoms with Gasteiger partial charge in [-0.1, -0.05) is 30.3 Å². The molecule has 0 amide bonds. The molecule has 4 heteroatoms. The second-order valence-corrected chi connectivity index (χ2v) is 3.24. The van der Waals surface area contributed by atoms with Crippen molar-refractivity contribution in [2.45, 2.75) is 19.5 Å². The van der Waals surface area contributed by atoms with Crippen molar-refractivity contribution < 1.29 is 18.7 Å². The van der Waals surface area contributed by atoms with E-state index in [1.165, 1.54) is 0 Å². The monoisotopic (exact) mass is 224 g/mol. The minimum absolute atomic E-state index is 0.0721. The van der Waals surface area contributed by atoms with E-state index in [2.05, 4.69) is 4.74 Å². The maximum atomic E-state index is 13.4. The van der Waals surface area contributed by atoms with Gasteiger partial charge < -0.3 is 4.74 Å². The Labute approximate surface area is 93.2 Å². The molecule has 1 aromatic rings. The standard InChI is InChI=1S/C12H13FO3/c1-2-16-12(15)11(14)10(13)8-9-6-4-3-5-7-9/h3-7,10H,2,8H2,1H3. The summed E-state index contributed by atoms with van der Waals surface area (Å²) >= 11 is 0. The predicted molar refractivity (Wildman–Crippen MR) is 56.7 cm³/mol. The molecule has 3 nitrogen and oxygen atoms in total. The summed E-state index contributed by atoms with van der Waals surface area (Å²) in [7, 11) is 0. The summed E-state index contributed by atoms with van der Waals surface area (Å²) in [5.74, 6) is -2.23. The number of ether oxygens (including phenoxy) is 1. The van der Waals surface area contributed by atoms with Crippen LogP contribution in [0.25, 0.3) is 0 Å². The zero-order chi connectivity index (χ0) is 12.0. The summed E-state index contributed by atoms with van der Waals surface area (Å²) in [6.07, 6.45) is -1.93. The van der Waals surface area contributed by atoms with Crippen LogP contribution in [0, 0.1) is 0 Å². The van der Waals surface area contributed by atoms with Crippen LogP contribution in [-0.2, 0) is 20.7 Å². The molecule has 1 unspecified atom stereocenters. The van der Waals surface area contributed by atoms with Gasteiger partial charge in [-0.3, -0.25) is 4.79 Å². The van der Waals surface area contributed by atoms with E-state index in [1.54, 1.807) is 37.3 Å². The minimum atomic E-state index is -1.83. The van der Waals surface area contributed by atoms with Crippen LogP contribution < -0.4 is 0 Å². The fourth-order valence-corrected chi connectivity index (χ4v) is 1.24. The number of hydrogen-bond donors (Lipinski definition) is 0. The lowest BCUT2D eigenvalue weighted by Gasteiger charge is -2.06. The molecule has 16 heavy (non-hydrogen) atoms.